The van der Waals surface area contributed by atoms with Gasteiger partial charge in [0, 0.05) is 23.5 Å². The molecule has 2 amide bonds. The van der Waals surface area contributed by atoms with Crippen molar-refractivity contribution in [1.82, 2.24) is 10.2 Å². The normalized spacial score (nSPS) is 11.7. The second-order valence-electron chi connectivity index (χ2n) is 6.71. The molecule has 0 spiro atoms. The van der Waals surface area contributed by atoms with Crippen molar-refractivity contribution in [2.24, 2.45) is 5.41 Å². The fraction of sp³-hybridized carbons (Fsp3) is 0.412. The number of carbonyl (C=O) groups excluding carboxylic acids is 2. The fourth-order valence-electron chi connectivity index (χ4n) is 2.54. The standard InChI is InChI=1S/C17H23N3O2S/c1-17(2,11-20(3)4)10-18-15(21)16(22)19-13-5-6-14-12(9-13)7-8-23-14/h5-9H,10-11H2,1-4H3,(H,18,21)(H,19,22). The third kappa shape index (κ3) is 5.04. The molecule has 0 atom stereocenters. The van der Waals surface area contributed by atoms with Crippen molar-refractivity contribution in [3.8, 4) is 0 Å². The predicted molar refractivity (Wildman–Crippen MR) is 95.8 cm³/mol. The van der Waals surface area contributed by atoms with E-state index in [4.69, 9.17) is 0 Å². The summed E-state index contributed by atoms with van der Waals surface area (Å²) in [5.41, 5.74) is 0.526. The minimum atomic E-state index is -0.639. The summed E-state index contributed by atoms with van der Waals surface area (Å²) in [5, 5.41) is 8.40. The van der Waals surface area contributed by atoms with E-state index in [1.54, 1.807) is 17.4 Å². The van der Waals surface area contributed by atoms with Gasteiger partial charge in [0.1, 0.15) is 0 Å². The Hall–Kier alpha value is -1.92. The van der Waals surface area contributed by atoms with E-state index in [-0.39, 0.29) is 5.41 Å². The summed E-state index contributed by atoms with van der Waals surface area (Å²) in [6, 6.07) is 7.60. The average Bonchev–Trinajstić information content (AvgIpc) is 2.91. The molecule has 0 aliphatic rings. The minimum absolute atomic E-state index is 0.102. The lowest BCUT2D eigenvalue weighted by Gasteiger charge is -2.28. The van der Waals surface area contributed by atoms with Crippen LogP contribution in [0, 0.1) is 5.41 Å². The highest BCUT2D eigenvalue weighted by Gasteiger charge is 2.22. The zero-order valence-corrected chi connectivity index (χ0v) is 14.8. The van der Waals surface area contributed by atoms with Crippen LogP contribution in [0.15, 0.2) is 29.6 Å². The molecule has 0 unspecified atom stereocenters. The molecule has 0 radical (unpaired) electrons. The number of fused-ring (bicyclic) bond motifs is 1. The van der Waals surface area contributed by atoms with Crippen LogP contribution in [0.2, 0.25) is 0 Å². The summed E-state index contributed by atoms with van der Waals surface area (Å²) in [7, 11) is 3.97. The van der Waals surface area contributed by atoms with Gasteiger partial charge in [0.25, 0.3) is 0 Å². The zero-order chi connectivity index (χ0) is 17.0. The second kappa shape index (κ2) is 7.10. The van der Waals surface area contributed by atoms with Crippen LogP contribution in [-0.2, 0) is 9.59 Å². The molecule has 124 valence electrons. The Morgan fingerprint density at radius 2 is 1.91 bits per heavy atom. The predicted octanol–water partition coefficient (Wildman–Crippen LogP) is 2.54. The van der Waals surface area contributed by atoms with Gasteiger partial charge in [-0.1, -0.05) is 13.8 Å². The Bertz CT molecular complexity index is 707. The number of hydrogen-bond donors (Lipinski definition) is 2. The number of carbonyl (C=O) groups is 2. The highest BCUT2D eigenvalue weighted by atomic mass is 32.1. The molecule has 0 fully saturated rings. The zero-order valence-electron chi connectivity index (χ0n) is 14.0. The number of nitrogens with one attached hydrogen (secondary N) is 2. The van der Waals surface area contributed by atoms with Crippen molar-refractivity contribution in [2.75, 3.05) is 32.5 Å². The third-order valence-corrected chi connectivity index (χ3v) is 4.29. The topological polar surface area (TPSA) is 61.4 Å². The van der Waals surface area contributed by atoms with Crippen LogP contribution >= 0.6 is 11.3 Å². The minimum Gasteiger partial charge on any atom is -0.347 e. The first-order valence-electron chi connectivity index (χ1n) is 7.48. The third-order valence-electron chi connectivity index (χ3n) is 3.39. The van der Waals surface area contributed by atoms with E-state index in [9.17, 15) is 9.59 Å². The molecule has 2 rings (SSSR count). The van der Waals surface area contributed by atoms with Gasteiger partial charge in [-0.05, 0) is 54.5 Å². The van der Waals surface area contributed by atoms with E-state index in [1.807, 2.05) is 37.7 Å². The van der Waals surface area contributed by atoms with Gasteiger partial charge in [-0.3, -0.25) is 9.59 Å². The Kier molecular flexibility index (Phi) is 5.38. The monoisotopic (exact) mass is 333 g/mol. The van der Waals surface area contributed by atoms with Gasteiger partial charge < -0.3 is 15.5 Å². The highest BCUT2D eigenvalue weighted by molar-refractivity contribution is 7.17. The van der Waals surface area contributed by atoms with Gasteiger partial charge in [-0.25, -0.2) is 0 Å². The number of benzene rings is 1. The van der Waals surface area contributed by atoms with Crippen LogP contribution in [0.4, 0.5) is 5.69 Å². The van der Waals surface area contributed by atoms with E-state index < -0.39 is 11.8 Å². The van der Waals surface area contributed by atoms with Gasteiger partial charge in [0.2, 0.25) is 0 Å². The average molecular weight is 333 g/mol. The van der Waals surface area contributed by atoms with Gasteiger partial charge in [0.05, 0.1) is 0 Å². The van der Waals surface area contributed by atoms with Crippen molar-refractivity contribution in [2.45, 2.75) is 13.8 Å². The summed E-state index contributed by atoms with van der Waals surface area (Å²) in [6.45, 7) is 5.37. The molecule has 2 N–H and O–H groups in total. The molecule has 23 heavy (non-hydrogen) atoms. The Labute approximate surface area is 140 Å². The smallest absolute Gasteiger partial charge is 0.313 e. The second-order valence-corrected chi connectivity index (χ2v) is 7.66. The summed E-state index contributed by atoms with van der Waals surface area (Å²) in [6.07, 6.45) is 0. The van der Waals surface area contributed by atoms with Crippen LogP contribution in [0.1, 0.15) is 13.8 Å². The molecule has 0 aliphatic heterocycles. The van der Waals surface area contributed by atoms with E-state index >= 15 is 0 Å². The SMILES string of the molecule is CN(C)CC(C)(C)CNC(=O)C(=O)Nc1ccc2sccc2c1. The summed E-state index contributed by atoms with van der Waals surface area (Å²) in [4.78, 5) is 26.0. The van der Waals surface area contributed by atoms with Crippen molar-refractivity contribution >= 4 is 38.9 Å². The van der Waals surface area contributed by atoms with Crippen molar-refractivity contribution in [3.05, 3.63) is 29.6 Å². The molecule has 1 heterocycles. The lowest BCUT2D eigenvalue weighted by Crippen LogP contribution is -2.43. The van der Waals surface area contributed by atoms with Crippen LogP contribution in [-0.4, -0.2) is 43.9 Å². The van der Waals surface area contributed by atoms with Crippen molar-refractivity contribution < 1.29 is 9.59 Å². The largest absolute Gasteiger partial charge is 0.347 e. The Morgan fingerprint density at radius 1 is 1.17 bits per heavy atom. The first-order chi connectivity index (χ1) is 10.8. The lowest BCUT2D eigenvalue weighted by molar-refractivity contribution is -0.136. The molecule has 5 nitrogen and oxygen atoms in total. The van der Waals surface area contributed by atoms with Gasteiger partial charge >= 0.3 is 11.8 Å². The summed E-state index contributed by atoms with van der Waals surface area (Å²) < 4.78 is 1.15. The molecule has 6 heteroatoms. The maximum absolute atomic E-state index is 12.0. The molecule has 0 saturated heterocycles. The number of rotatable bonds is 5. The first-order valence-corrected chi connectivity index (χ1v) is 8.36. The van der Waals surface area contributed by atoms with Crippen LogP contribution in [0.25, 0.3) is 10.1 Å². The maximum Gasteiger partial charge on any atom is 0.313 e. The maximum atomic E-state index is 12.0. The molecular formula is C17H23N3O2S. The number of amides is 2. The summed E-state index contributed by atoms with van der Waals surface area (Å²) >= 11 is 1.64. The molecule has 1 aromatic heterocycles. The Morgan fingerprint density at radius 3 is 2.61 bits per heavy atom. The molecule has 2 aromatic rings. The highest BCUT2D eigenvalue weighted by Crippen LogP contribution is 2.23. The first kappa shape index (κ1) is 17.4. The van der Waals surface area contributed by atoms with Gasteiger partial charge in [0.15, 0.2) is 0 Å². The summed E-state index contributed by atoms with van der Waals surface area (Å²) in [5.74, 6) is -1.25. The molecule has 0 bridgehead atoms. The van der Waals surface area contributed by atoms with E-state index in [0.29, 0.717) is 12.2 Å². The number of anilines is 1. The van der Waals surface area contributed by atoms with E-state index in [2.05, 4.69) is 29.4 Å². The van der Waals surface area contributed by atoms with Crippen molar-refractivity contribution in [3.63, 3.8) is 0 Å². The number of hydrogen-bond acceptors (Lipinski definition) is 4. The van der Waals surface area contributed by atoms with Crippen LogP contribution < -0.4 is 10.6 Å². The van der Waals surface area contributed by atoms with Crippen molar-refractivity contribution in [1.29, 1.82) is 0 Å². The lowest BCUT2D eigenvalue weighted by atomic mass is 9.93. The molecule has 0 saturated carbocycles. The Balaban J connectivity index is 1.90. The van der Waals surface area contributed by atoms with E-state index in [0.717, 1.165) is 16.6 Å². The van der Waals surface area contributed by atoms with E-state index in [1.165, 1.54) is 0 Å². The number of thiophene rings is 1. The van der Waals surface area contributed by atoms with Crippen LogP contribution in [0.3, 0.4) is 0 Å². The molecule has 1 aromatic carbocycles. The molecular weight excluding hydrogens is 310 g/mol. The van der Waals surface area contributed by atoms with Gasteiger partial charge in [-0.15, -0.1) is 11.3 Å². The quantitative estimate of drug-likeness (QED) is 0.827. The van der Waals surface area contributed by atoms with Crippen LogP contribution in [0.5, 0.6) is 0 Å². The number of nitrogens with zero attached hydrogens (tertiary/aromatic N) is 1. The van der Waals surface area contributed by atoms with Gasteiger partial charge in [-0.2, -0.15) is 0 Å². The molecule has 0 aliphatic carbocycles. The fourth-order valence-corrected chi connectivity index (χ4v) is 3.31.